The predicted molar refractivity (Wildman–Crippen MR) is 50.4 cm³/mol. The van der Waals surface area contributed by atoms with Gasteiger partial charge in [-0.2, -0.15) is 0 Å². The lowest BCUT2D eigenvalue weighted by atomic mass is 10.0. The first-order valence-electron chi connectivity index (χ1n) is 5.20. The van der Waals surface area contributed by atoms with Crippen LogP contribution in [0.25, 0.3) is 0 Å². The summed E-state index contributed by atoms with van der Waals surface area (Å²) in [5.41, 5.74) is 1.59. The molecule has 0 saturated carbocycles. The van der Waals surface area contributed by atoms with Gasteiger partial charge in [-0.1, -0.05) is 6.08 Å². The van der Waals surface area contributed by atoms with Crippen LogP contribution in [-0.2, 0) is 4.74 Å². The molecule has 2 saturated heterocycles. The van der Waals surface area contributed by atoms with E-state index in [1.807, 2.05) is 0 Å². The smallest absolute Gasteiger partial charge is 0.0754 e. The van der Waals surface area contributed by atoms with E-state index in [2.05, 4.69) is 16.3 Å². The predicted octanol–water partition coefficient (Wildman–Crippen LogP) is 0.194. The van der Waals surface area contributed by atoms with Crippen LogP contribution in [-0.4, -0.2) is 43.8 Å². The van der Waals surface area contributed by atoms with Gasteiger partial charge in [0.2, 0.25) is 0 Å². The summed E-state index contributed by atoms with van der Waals surface area (Å²) < 4.78 is 5.24. The van der Waals surface area contributed by atoms with Crippen molar-refractivity contribution >= 4 is 0 Å². The molecule has 0 aliphatic carbocycles. The molecule has 0 aromatic carbocycles. The molecule has 0 radical (unpaired) electrons. The van der Waals surface area contributed by atoms with Gasteiger partial charge < -0.3 is 15.0 Å². The highest BCUT2D eigenvalue weighted by molar-refractivity contribution is 5.17. The molecule has 2 fully saturated rings. The van der Waals surface area contributed by atoms with Crippen LogP contribution in [0.2, 0.25) is 0 Å². The van der Waals surface area contributed by atoms with Gasteiger partial charge in [-0.3, -0.25) is 0 Å². The van der Waals surface area contributed by atoms with Gasteiger partial charge in [0.25, 0.3) is 0 Å². The molecule has 0 bridgehead atoms. The van der Waals surface area contributed by atoms with E-state index < -0.39 is 0 Å². The van der Waals surface area contributed by atoms with Crippen LogP contribution in [0.3, 0.4) is 0 Å². The third kappa shape index (κ3) is 1.18. The van der Waals surface area contributed by atoms with E-state index in [-0.39, 0.29) is 0 Å². The van der Waals surface area contributed by atoms with Gasteiger partial charge in [0.05, 0.1) is 19.3 Å². The SMILES string of the molecule is C1=C2C(CCN2C2COC2)CNC1. The Hall–Kier alpha value is -0.540. The Bertz CT molecular complexity index is 235. The van der Waals surface area contributed by atoms with Crippen LogP contribution in [0.4, 0.5) is 0 Å². The zero-order valence-corrected chi connectivity index (χ0v) is 7.83. The number of nitrogens with one attached hydrogen (secondary N) is 1. The van der Waals surface area contributed by atoms with Crippen molar-refractivity contribution in [3.05, 3.63) is 11.8 Å². The third-order valence-corrected chi connectivity index (χ3v) is 3.38. The molecule has 3 rings (SSSR count). The Labute approximate surface area is 78.7 Å². The van der Waals surface area contributed by atoms with Crippen molar-refractivity contribution in [1.82, 2.24) is 10.2 Å². The minimum Gasteiger partial charge on any atom is -0.377 e. The summed E-state index contributed by atoms with van der Waals surface area (Å²) >= 11 is 0. The lowest BCUT2D eigenvalue weighted by molar-refractivity contribution is -0.0487. The molecule has 1 atom stereocenters. The Balaban J connectivity index is 1.78. The molecule has 13 heavy (non-hydrogen) atoms. The number of rotatable bonds is 1. The maximum Gasteiger partial charge on any atom is 0.0754 e. The second kappa shape index (κ2) is 3.00. The minimum atomic E-state index is 0.689. The Kier molecular flexibility index (Phi) is 1.80. The monoisotopic (exact) mass is 180 g/mol. The molecular weight excluding hydrogens is 164 g/mol. The molecule has 3 heterocycles. The fourth-order valence-corrected chi connectivity index (χ4v) is 2.53. The highest BCUT2D eigenvalue weighted by atomic mass is 16.5. The number of hydrogen-bond acceptors (Lipinski definition) is 3. The fraction of sp³-hybridized carbons (Fsp3) is 0.800. The van der Waals surface area contributed by atoms with E-state index in [1.165, 1.54) is 19.5 Å². The number of nitrogens with zero attached hydrogens (tertiary/aromatic N) is 1. The Morgan fingerprint density at radius 1 is 1.46 bits per heavy atom. The van der Waals surface area contributed by atoms with Crippen LogP contribution >= 0.6 is 0 Å². The van der Waals surface area contributed by atoms with Crippen molar-refractivity contribution in [3.8, 4) is 0 Å². The Morgan fingerprint density at radius 3 is 3.15 bits per heavy atom. The van der Waals surface area contributed by atoms with Crippen molar-refractivity contribution in [2.45, 2.75) is 12.5 Å². The quantitative estimate of drug-likeness (QED) is 0.623. The summed E-state index contributed by atoms with van der Waals surface area (Å²) in [5.74, 6) is 0.786. The zero-order chi connectivity index (χ0) is 8.67. The van der Waals surface area contributed by atoms with Crippen LogP contribution < -0.4 is 5.32 Å². The second-order valence-electron chi connectivity index (χ2n) is 4.16. The van der Waals surface area contributed by atoms with Crippen molar-refractivity contribution < 1.29 is 4.74 Å². The van der Waals surface area contributed by atoms with Gasteiger partial charge in [-0.15, -0.1) is 0 Å². The summed E-state index contributed by atoms with van der Waals surface area (Å²) in [7, 11) is 0. The van der Waals surface area contributed by atoms with E-state index in [1.54, 1.807) is 5.70 Å². The molecule has 0 spiro atoms. The Morgan fingerprint density at radius 2 is 2.38 bits per heavy atom. The maximum atomic E-state index is 5.24. The highest BCUT2D eigenvalue weighted by Gasteiger charge is 2.36. The fourth-order valence-electron chi connectivity index (χ4n) is 2.53. The van der Waals surface area contributed by atoms with Crippen molar-refractivity contribution in [2.75, 3.05) is 32.8 Å². The van der Waals surface area contributed by atoms with E-state index in [0.29, 0.717) is 6.04 Å². The van der Waals surface area contributed by atoms with E-state index in [4.69, 9.17) is 4.74 Å². The highest BCUT2D eigenvalue weighted by Crippen LogP contribution is 2.32. The molecule has 1 N–H and O–H groups in total. The van der Waals surface area contributed by atoms with Crippen LogP contribution in [0.1, 0.15) is 6.42 Å². The van der Waals surface area contributed by atoms with Gasteiger partial charge in [0.1, 0.15) is 0 Å². The van der Waals surface area contributed by atoms with E-state index >= 15 is 0 Å². The number of ether oxygens (including phenoxy) is 1. The summed E-state index contributed by atoms with van der Waals surface area (Å²) in [6.45, 7) is 5.35. The lowest BCUT2D eigenvalue weighted by Crippen LogP contribution is -2.47. The molecule has 0 aromatic rings. The molecule has 72 valence electrons. The molecule has 1 unspecified atom stereocenters. The summed E-state index contributed by atoms with van der Waals surface area (Å²) in [5, 5.41) is 3.42. The van der Waals surface area contributed by atoms with Crippen molar-refractivity contribution in [3.63, 3.8) is 0 Å². The number of hydrogen-bond donors (Lipinski definition) is 1. The first kappa shape index (κ1) is 7.83. The second-order valence-corrected chi connectivity index (χ2v) is 4.16. The summed E-state index contributed by atoms with van der Waals surface area (Å²) in [6, 6.07) is 0.689. The van der Waals surface area contributed by atoms with Gasteiger partial charge in [0.15, 0.2) is 0 Å². The standard InChI is InChI=1S/C10H16N2O/c1-3-11-5-8-2-4-12(10(1)8)9-6-13-7-9/h1,8-9,11H,2-7H2. The summed E-state index contributed by atoms with van der Waals surface area (Å²) in [4.78, 5) is 2.56. The van der Waals surface area contributed by atoms with E-state index in [0.717, 1.165) is 25.7 Å². The van der Waals surface area contributed by atoms with Crippen molar-refractivity contribution in [1.29, 1.82) is 0 Å². The van der Waals surface area contributed by atoms with Gasteiger partial charge in [-0.25, -0.2) is 0 Å². The minimum absolute atomic E-state index is 0.689. The lowest BCUT2D eigenvalue weighted by Gasteiger charge is -2.38. The molecule has 3 heteroatoms. The average molecular weight is 180 g/mol. The van der Waals surface area contributed by atoms with Crippen LogP contribution in [0.5, 0.6) is 0 Å². The summed E-state index contributed by atoms with van der Waals surface area (Å²) in [6.07, 6.45) is 3.69. The maximum absolute atomic E-state index is 5.24. The van der Waals surface area contributed by atoms with Crippen LogP contribution in [0.15, 0.2) is 11.8 Å². The molecule has 0 aromatic heterocycles. The van der Waals surface area contributed by atoms with Gasteiger partial charge in [-0.05, 0) is 6.42 Å². The molecule has 3 aliphatic heterocycles. The normalized spacial score (nSPS) is 34.0. The zero-order valence-electron chi connectivity index (χ0n) is 7.83. The van der Waals surface area contributed by atoms with E-state index in [9.17, 15) is 0 Å². The number of fused-ring (bicyclic) bond motifs is 1. The van der Waals surface area contributed by atoms with Crippen molar-refractivity contribution in [2.24, 2.45) is 5.92 Å². The first-order chi connectivity index (χ1) is 6.45. The topological polar surface area (TPSA) is 24.5 Å². The molecular formula is C10H16N2O. The number of likely N-dealkylation sites (tertiary alicyclic amines) is 1. The van der Waals surface area contributed by atoms with Gasteiger partial charge >= 0.3 is 0 Å². The molecule has 3 nitrogen and oxygen atoms in total. The third-order valence-electron chi connectivity index (χ3n) is 3.38. The average Bonchev–Trinajstić information content (AvgIpc) is 2.47. The largest absolute Gasteiger partial charge is 0.377 e. The van der Waals surface area contributed by atoms with Crippen LogP contribution in [0, 0.1) is 5.92 Å². The van der Waals surface area contributed by atoms with Gasteiger partial charge in [0, 0.05) is 31.2 Å². The molecule has 0 amide bonds. The molecule has 3 aliphatic rings. The first-order valence-corrected chi connectivity index (χ1v) is 5.20.